The van der Waals surface area contributed by atoms with Crippen molar-refractivity contribution in [3.05, 3.63) is 60.2 Å². The molecule has 0 spiro atoms. The molecule has 102 valence electrons. The van der Waals surface area contributed by atoms with Crippen LogP contribution in [0.5, 0.6) is 0 Å². The van der Waals surface area contributed by atoms with Gasteiger partial charge in [0.1, 0.15) is 0 Å². The van der Waals surface area contributed by atoms with Crippen molar-refractivity contribution in [2.75, 3.05) is 6.54 Å². The van der Waals surface area contributed by atoms with Gasteiger partial charge in [-0.2, -0.15) is 0 Å². The fourth-order valence-electron chi connectivity index (χ4n) is 1.69. The van der Waals surface area contributed by atoms with Crippen LogP contribution in [0.1, 0.15) is 31.7 Å². The predicted octanol–water partition coefficient (Wildman–Crippen LogP) is 3.65. The van der Waals surface area contributed by atoms with Crippen molar-refractivity contribution in [2.24, 2.45) is 0 Å². The quantitative estimate of drug-likeness (QED) is 0.430. The number of unbranched alkanes of at least 4 members (excludes halogenated alkanes) is 1. The van der Waals surface area contributed by atoms with Crippen molar-refractivity contribution in [1.29, 1.82) is 0 Å². The minimum absolute atomic E-state index is 0.0192. The van der Waals surface area contributed by atoms with Gasteiger partial charge in [0.15, 0.2) is 0 Å². The van der Waals surface area contributed by atoms with Gasteiger partial charge in [-0.05, 0) is 24.8 Å². The molecule has 1 N–H and O–H groups in total. The van der Waals surface area contributed by atoms with Gasteiger partial charge in [0, 0.05) is 12.6 Å². The molecule has 1 aromatic carbocycles. The molecule has 0 heterocycles. The van der Waals surface area contributed by atoms with E-state index in [9.17, 15) is 4.79 Å². The molecule has 0 saturated carbocycles. The van der Waals surface area contributed by atoms with Crippen molar-refractivity contribution in [3.8, 4) is 0 Å². The van der Waals surface area contributed by atoms with Crippen LogP contribution >= 0.6 is 0 Å². The van der Waals surface area contributed by atoms with E-state index in [1.165, 1.54) is 5.56 Å². The maximum atomic E-state index is 11.5. The third-order valence-electron chi connectivity index (χ3n) is 2.73. The molecule has 0 saturated heterocycles. The fourth-order valence-corrected chi connectivity index (χ4v) is 1.69. The van der Waals surface area contributed by atoms with E-state index in [0.29, 0.717) is 0 Å². The highest BCUT2D eigenvalue weighted by Crippen LogP contribution is 2.01. The van der Waals surface area contributed by atoms with Gasteiger partial charge in [-0.15, -0.1) is 0 Å². The number of allylic oxidation sites excluding steroid dienone is 3. The average molecular weight is 257 g/mol. The number of rotatable bonds is 8. The molecule has 0 aliphatic carbocycles. The molecule has 0 aliphatic rings. The maximum absolute atomic E-state index is 11.5. The minimum Gasteiger partial charge on any atom is -0.353 e. The van der Waals surface area contributed by atoms with Gasteiger partial charge in [-0.3, -0.25) is 4.79 Å². The molecule has 2 heteroatoms. The Hall–Kier alpha value is -1.83. The van der Waals surface area contributed by atoms with Gasteiger partial charge in [0.05, 0.1) is 0 Å². The first-order valence-corrected chi connectivity index (χ1v) is 6.98. The Morgan fingerprint density at radius 3 is 2.74 bits per heavy atom. The normalized spacial score (nSPS) is 11.2. The van der Waals surface area contributed by atoms with Crippen molar-refractivity contribution in [2.45, 2.75) is 32.6 Å². The second-order valence-corrected chi connectivity index (χ2v) is 4.46. The van der Waals surface area contributed by atoms with E-state index >= 15 is 0 Å². The molecule has 0 aliphatic heterocycles. The van der Waals surface area contributed by atoms with E-state index in [1.54, 1.807) is 12.2 Å². The van der Waals surface area contributed by atoms with Crippen molar-refractivity contribution in [1.82, 2.24) is 5.32 Å². The molecule has 19 heavy (non-hydrogen) atoms. The number of carbonyl (C=O) groups excluding carboxylic acids is 1. The summed E-state index contributed by atoms with van der Waals surface area (Å²) in [4.78, 5) is 11.5. The fraction of sp³-hybridized carbons (Fsp3) is 0.353. The zero-order chi connectivity index (χ0) is 13.8. The van der Waals surface area contributed by atoms with Crippen LogP contribution in [-0.4, -0.2) is 12.5 Å². The molecule has 0 aromatic heterocycles. The maximum Gasteiger partial charge on any atom is 0.243 e. The molecule has 1 aromatic rings. The highest BCUT2D eigenvalue weighted by Gasteiger charge is 1.95. The Morgan fingerprint density at radius 2 is 2.00 bits per heavy atom. The number of benzene rings is 1. The van der Waals surface area contributed by atoms with E-state index in [2.05, 4.69) is 30.4 Å². The first kappa shape index (κ1) is 15.2. The molecule has 0 atom stereocenters. The summed E-state index contributed by atoms with van der Waals surface area (Å²) < 4.78 is 0. The Bertz CT molecular complexity index is 407. The predicted molar refractivity (Wildman–Crippen MR) is 81.0 cm³/mol. The Morgan fingerprint density at radius 1 is 1.21 bits per heavy atom. The number of aryl methyl sites for hydroxylation is 1. The van der Waals surface area contributed by atoms with E-state index in [4.69, 9.17) is 0 Å². The molecule has 0 unspecified atom stereocenters. The van der Waals surface area contributed by atoms with Crippen molar-refractivity contribution in [3.63, 3.8) is 0 Å². The molecular formula is C17H23NO. The number of hydrogen-bond acceptors (Lipinski definition) is 1. The van der Waals surface area contributed by atoms with Crippen LogP contribution in [0.4, 0.5) is 0 Å². The third-order valence-corrected chi connectivity index (χ3v) is 2.73. The van der Waals surface area contributed by atoms with Crippen LogP contribution < -0.4 is 5.32 Å². The van der Waals surface area contributed by atoms with E-state index in [1.807, 2.05) is 24.3 Å². The largest absolute Gasteiger partial charge is 0.353 e. The first-order valence-electron chi connectivity index (χ1n) is 6.98. The van der Waals surface area contributed by atoms with Crippen LogP contribution in [0.3, 0.4) is 0 Å². The summed E-state index contributed by atoms with van der Waals surface area (Å²) in [6, 6.07) is 10.3. The summed E-state index contributed by atoms with van der Waals surface area (Å²) in [5, 5.41) is 2.88. The first-order chi connectivity index (χ1) is 9.33. The Kier molecular flexibility index (Phi) is 8.12. The Labute approximate surface area is 116 Å². The summed E-state index contributed by atoms with van der Waals surface area (Å²) >= 11 is 0. The highest BCUT2D eigenvalue weighted by atomic mass is 16.1. The minimum atomic E-state index is -0.0192. The van der Waals surface area contributed by atoms with Crippen LogP contribution in [0, 0.1) is 0 Å². The van der Waals surface area contributed by atoms with Gasteiger partial charge < -0.3 is 5.32 Å². The zero-order valence-corrected chi connectivity index (χ0v) is 11.6. The van der Waals surface area contributed by atoms with Crippen LogP contribution in [-0.2, 0) is 11.2 Å². The number of carbonyl (C=O) groups is 1. The topological polar surface area (TPSA) is 29.1 Å². The lowest BCUT2D eigenvalue weighted by Gasteiger charge is -2.02. The second-order valence-electron chi connectivity index (χ2n) is 4.46. The lowest BCUT2D eigenvalue weighted by molar-refractivity contribution is -0.116. The lowest BCUT2D eigenvalue weighted by Crippen LogP contribution is -2.22. The van der Waals surface area contributed by atoms with Gasteiger partial charge >= 0.3 is 0 Å². The van der Waals surface area contributed by atoms with Crippen LogP contribution in [0.25, 0.3) is 0 Å². The van der Waals surface area contributed by atoms with Crippen molar-refractivity contribution >= 4 is 5.91 Å². The third kappa shape index (κ3) is 7.98. The van der Waals surface area contributed by atoms with E-state index in [-0.39, 0.29) is 5.91 Å². The van der Waals surface area contributed by atoms with Gasteiger partial charge in [0.25, 0.3) is 0 Å². The summed E-state index contributed by atoms with van der Waals surface area (Å²) in [7, 11) is 0. The summed E-state index contributed by atoms with van der Waals surface area (Å²) in [6.07, 6.45) is 11.5. The number of nitrogens with one attached hydrogen (secondary N) is 1. The number of amides is 1. The molecule has 2 nitrogen and oxygen atoms in total. The van der Waals surface area contributed by atoms with Crippen LogP contribution in [0.15, 0.2) is 54.6 Å². The summed E-state index contributed by atoms with van der Waals surface area (Å²) in [5.41, 5.74) is 1.31. The molecule has 1 rings (SSSR count). The second kappa shape index (κ2) is 10.1. The molecule has 0 radical (unpaired) electrons. The zero-order valence-electron chi connectivity index (χ0n) is 11.6. The summed E-state index contributed by atoms with van der Waals surface area (Å²) in [6.45, 7) is 2.85. The highest BCUT2D eigenvalue weighted by molar-refractivity contribution is 5.87. The Balaban J connectivity index is 2.10. The average Bonchev–Trinajstić information content (AvgIpc) is 2.44. The van der Waals surface area contributed by atoms with Crippen molar-refractivity contribution < 1.29 is 4.79 Å². The molecule has 0 bridgehead atoms. The van der Waals surface area contributed by atoms with Gasteiger partial charge in [0.2, 0.25) is 5.91 Å². The molecular weight excluding hydrogens is 234 g/mol. The molecule has 1 amide bonds. The smallest absolute Gasteiger partial charge is 0.243 e. The lowest BCUT2D eigenvalue weighted by atomic mass is 10.1. The SMILES string of the molecule is CCC/C=C\C=C\C(=O)NCCCc1ccccc1. The number of hydrogen-bond donors (Lipinski definition) is 1. The van der Waals surface area contributed by atoms with E-state index in [0.717, 1.165) is 32.2 Å². The monoisotopic (exact) mass is 257 g/mol. The standard InChI is InChI=1S/C17H23NO/c1-2-3-4-5-9-14-17(19)18-15-10-13-16-11-7-6-8-12-16/h4-9,11-12,14H,2-3,10,13,15H2,1H3,(H,18,19)/b5-4-,14-9+. The summed E-state index contributed by atoms with van der Waals surface area (Å²) in [5.74, 6) is -0.0192. The molecule has 0 fully saturated rings. The van der Waals surface area contributed by atoms with Crippen LogP contribution in [0.2, 0.25) is 0 Å². The van der Waals surface area contributed by atoms with E-state index < -0.39 is 0 Å². The van der Waals surface area contributed by atoms with Gasteiger partial charge in [-0.1, -0.05) is 61.9 Å². The van der Waals surface area contributed by atoms with Gasteiger partial charge in [-0.25, -0.2) is 0 Å².